The summed E-state index contributed by atoms with van der Waals surface area (Å²) in [7, 11) is 0. The van der Waals surface area contributed by atoms with E-state index in [1.807, 2.05) is 6.92 Å². The summed E-state index contributed by atoms with van der Waals surface area (Å²) in [5.74, 6) is 0.0280. The number of benzene rings is 1. The van der Waals surface area contributed by atoms with E-state index in [0.29, 0.717) is 31.1 Å². The van der Waals surface area contributed by atoms with Gasteiger partial charge in [-0.2, -0.15) is 0 Å². The SMILES string of the molecule is CCCN(CC1CCCCO1)C(=O)c1c(C)oc2[nH]c(=O)n(-c3ccccc3)c(=O)c12. The second kappa shape index (κ2) is 8.93. The number of rotatable bonds is 6. The minimum Gasteiger partial charge on any atom is -0.444 e. The number of aryl methyl sites for hydroxylation is 1. The quantitative estimate of drug-likeness (QED) is 0.655. The summed E-state index contributed by atoms with van der Waals surface area (Å²) in [5.41, 5.74) is -0.541. The Kier molecular flexibility index (Phi) is 6.08. The third-order valence-corrected chi connectivity index (χ3v) is 5.63. The molecule has 2 aromatic heterocycles. The molecule has 8 nitrogen and oxygen atoms in total. The van der Waals surface area contributed by atoms with Gasteiger partial charge in [-0.15, -0.1) is 0 Å². The van der Waals surface area contributed by atoms with Crippen LogP contribution in [0.3, 0.4) is 0 Å². The predicted molar refractivity (Wildman–Crippen MR) is 117 cm³/mol. The summed E-state index contributed by atoms with van der Waals surface area (Å²) < 4.78 is 12.5. The minimum absolute atomic E-state index is 0.0106. The third kappa shape index (κ3) is 4.07. The zero-order valence-electron chi connectivity index (χ0n) is 17.8. The van der Waals surface area contributed by atoms with Crippen LogP contribution in [-0.2, 0) is 4.74 Å². The molecule has 3 heterocycles. The minimum atomic E-state index is -0.613. The molecule has 164 valence electrons. The number of aromatic nitrogens is 2. The number of hydrogen-bond acceptors (Lipinski definition) is 5. The van der Waals surface area contributed by atoms with Crippen molar-refractivity contribution in [1.29, 1.82) is 0 Å². The molecule has 3 aromatic rings. The maximum absolute atomic E-state index is 13.6. The van der Waals surface area contributed by atoms with Crippen molar-refractivity contribution in [1.82, 2.24) is 14.5 Å². The average molecular weight is 425 g/mol. The maximum Gasteiger partial charge on any atom is 0.335 e. The molecule has 1 aliphatic rings. The largest absolute Gasteiger partial charge is 0.444 e. The van der Waals surface area contributed by atoms with Gasteiger partial charge in [0.2, 0.25) is 5.71 Å². The van der Waals surface area contributed by atoms with E-state index in [1.165, 1.54) is 0 Å². The molecule has 1 amide bonds. The van der Waals surface area contributed by atoms with E-state index < -0.39 is 11.2 Å². The van der Waals surface area contributed by atoms with E-state index in [1.54, 1.807) is 42.2 Å². The molecule has 1 unspecified atom stereocenters. The molecular formula is C23H27N3O5. The van der Waals surface area contributed by atoms with Crippen LogP contribution in [0, 0.1) is 6.92 Å². The Morgan fingerprint density at radius 2 is 2.00 bits per heavy atom. The van der Waals surface area contributed by atoms with E-state index in [2.05, 4.69) is 4.98 Å². The first-order valence-electron chi connectivity index (χ1n) is 10.8. The first kappa shape index (κ1) is 21.1. The van der Waals surface area contributed by atoms with Gasteiger partial charge in [-0.1, -0.05) is 25.1 Å². The fraction of sp³-hybridized carbons (Fsp3) is 0.435. The molecule has 1 saturated heterocycles. The van der Waals surface area contributed by atoms with Crippen LogP contribution in [-0.4, -0.2) is 46.2 Å². The Bertz CT molecular complexity index is 1190. The van der Waals surface area contributed by atoms with Gasteiger partial charge in [0.05, 0.1) is 17.4 Å². The molecule has 0 saturated carbocycles. The number of carbonyl (C=O) groups excluding carboxylic acids is 1. The van der Waals surface area contributed by atoms with Gasteiger partial charge in [0.1, 0.15) is 11.1 Å². The number of amides is 1. The Labute approximate surface area is 179 Å². The highest BCUT2D eigenvalue weighted by molar-refractivity contribution is 6.06. The molecule has 1 aliphatic heterocycles. The van der Waals surface area contributed by atoms with Gasteiger partial charge in [-0.25, -0.2) is 9.36 Å². The molecule has 31 heavy (non-hydrogen) atoms. The van der Waals surface area contributed by atoms with Gasteiger partial charge in [-0.3, -0.25) is 14.6 Å². The number of H-pyrrole nitrogens is 1. The molecule has 0 aliphatic carbocycles. The summed E-state index contributed by atoms with van der Waals surface area (Å²) in [5, 5.41) is 0.0941. The lowest BCUT2D eigenvalue weighted by Crippen LogP contribution is -2.41. The van der Waals surface area contributed by atoms with Gasteiger partial charge in [0.15, 0.2) is 0 Å². The summed E-state index contributed by atoms with van der Waals surface area (Å²) in [4.78, 5) is 43.8. The maximum atomic E-state index is 13.6. The van der Waals surface area contributed by atoms with Gasteiger partial charge < -0.3 is 14.1 Å². The van der Waals surface area contributed by atoms with E-state index in [0.717, 1.165) is 30.3 Å². The smallest absolute Gasteiger partial charge is 0.335 e. The third-order valence-electron chi connectivity index (χ3n) is 5.63. The highest BCUT2D eigenvalue weighted by atomic mass is 16.5. The number of fused-ring (bicyclic) bond motifs is 1. The van der Waals surface area contributed by atoms with E-state index >= 15 is 0 Å². The van der Waals surface area contributed by atoms with Crippen molar-refractivity contribution < 1.29 is 13.9 Å². The number of para-hydroxylation sites is 1. The van der Waals surface area contributed by atoms with Crippen LogP contribution in [0.2, 0.25) is 0 Å². The van der Waals surface area contributed by atoms with Crippen LogP contribution in [0.4, 0.5) is 0 Å². The van der Waals surface area contributed by atoms with E-state index in [4.69, 9.17) is 9.15 Å². The first-order valence-corrected chi connectivity index (χ1v) is 10.8. The zero-order valence-corrected chi connectivity index (χ0v) is 17.8. The number of aromatic amines is 1. The van der Waals surface area contributed by atoms with Crippen LogP contribution in [0.15, 0.2) is 44.3 Å². The van der Waals surface area contributed by atoms with E-state index in [9.17, 15) is 14.4 Å². The Morgan fingerprint density at radius 1 is 1.23 bits per heavy atom. The predicted octanol–water partition coefficient (Wildman–Crippen LogP) is 3.00. The summed E-state index contributed by atoms with van der Waals surface area (Å²) in [6.07, 6.45) is 3.79. The Balaban J connectivity index is 1.80. The van der Waals surface area contributed by atoms with Gasteiger partial charge in [0, 0.05) is 19.7 Å². The summed E-state index contributed by atoms with van der Waals surface area (Å²) in [6.45, 7) is 5.35. The molecule has 0 spiro atoms. The summed E-state index contributed by atoms with van der Waals surface area (Å²) in [6, 6.07) is 8.62. The first-order chi connectivity index (χ1) is 15.0. The van der Waals surface area contributed by atoms with Gasteiger partial charge >= 0.3 is 5.69 Å². The van der Waals surface area contributed by atoms with Crippen molar-refractivity contribution >= 4 is 17.0 Å². The highest BCUT2D eigenvalue weighted by Gasteiger charge is 2.29. The molecular weight excluding hydrogens is 398 g/mol. The number of nitrogens with zero attached hydrogens (tertiary/aromatic N) is 2. The zero-order chi connectivity index (χ0) is 22.0. The number of furan rings is 1. The molecule has 1 aromatic carbocycles. The number of ether oxygens (including phenoxy) is 1. The van der Waals surface area contributed by atoms with Crippen LogP contribution < -0.4 is 11.2 Å². The highest BCUT2D eigenvalue weighted by Crippen LogP contribution is 2.24. The van der Waals surface area contributed by atoms with Crippen LogP contribution in [0.5, 0.6) is 0 Å². The van der Waals surface area contributed by atoms with Crippen molar-refractivity contribution in [2.75, 3.05) is 19.7 Å². The topological polar surface area (TPSA) is 97.5 Å². The van der Waals surface area contributed by atoms with Gasteiger partial charge in [-0.05, 0) is 44.7 Å². The van der Waals surface area contributed by atoms with Gasteiger partial charge in [0.25, 0.3) is 11.5 Å². The molecule has 0 bridgehead atoms. The fourth-order valence-corrected chi connectivity index (χ4v) is 4.16. The average Bonchev–Trinajstić information content (AvgIpc) is 3.10. The van der Waals surface area contributed by atoms with Crippen LogP contribution in [0.25, 0.3) is 16.8 Å². The lowest BCUT2D eigenvalue weighted by molar-refractivity contribution is -0.00384. The molecule has 1 fully saturated rings. The fourth-order valence-electron chi connectivity index (χ4n) is 4.16. The Morgan fingerprint density at radius 3 is 2.68 bits per heavy atom. The molecule has 8 heteroatoms. The molecule has 1 N–H and O–H groups in total. The second-order valence-electron chi connectivity index (χ2n) is 7.88. The standard InChI is InChI=1S/C23H27N3O5/c1-3-12-25(14-17-11-7-8-13-30-17)21(27)18-15(2)31-20-19(18)22(28)26(23(29)24-20)16-9-5-4-6-10-16/h4-6,9-10,17H,3,7-8,11-14H2,1-2H3,(H,24,29). The monoisotopic (exact) mass is 425 g/mol. The number of nitrogens with one attached hydrogen (secondary N) is 1. The van der Waals surface area contributed by atoms with Crippen LogP contribution in [0.1, 0.15) is 48.7 Å². The number of hydrogen-bond donors (Lipinski definition) is 1. The normalized spacial score (nSPS) is 16.5. The lowest BCUT2D eigenvalue weighted by atomic mass is 10.1. The molecule has 0 radical (unpaired) electrons. The van der Waals surface area contributed by atoms with Crippen molar-refractivity contribution in [3.05, 3.63) is 62.5 Å². The van der Waals surface area contributed by atoms with Crippen molar-refractivity contribution in [3.63, 3.8) is 0 Å². The van der Waals surface area contributed by atoms with Crippen LogP contribution >= 0.6 is 0 Å². The Hall–Kier alpha value is -3.13. The van der Waals surface area contributed by atoms with Crippen molar-refractivity contribution in [2.24, 2.45) is 0 Å². The molecule has 4 rings (SSSR count). The number of carbonyl (C=O) groups is 1. The van der Waals surface area contributed by atoms with Crippen molar-refractivity contribution in [3.8, 4) is 5.69 Å². The van der Waals surface area contributed by atoms with E-state index in [-0.39, 0.29) is 28.7 Å². The summed E-state index contributed by atoms with van der Waals surface area (Å²) >= 11 is 0. The molecule has 1 atom stereocenters. The lowest BCUT2D eigenvalue weighted by Gasteiger charge is -2.29. The van der Waals surface area contributed by atoms with Crippen molar-refractivity contribution in [2.45, 2.75) is 45.6 Å². The second-order valence-corrected chi connectivity index (χ2v) is 7.88.